The summed E-state index contributed by atoms with van der Waals surface area (Å²) in [5, 5.41) is 3.17. The molecule has 0 spiro atoms. The third kappa shape index (κ3) is 8.83. The number of carbonyl (C=O) groups excluding carboxylic acids is 2. The van der Waals surface area contributed by atoms with Gasteiger partial charge in [-0.1, -0.05) is 67.1 Å². The molecule has 0 aliphatic rings. The third-order valence-electron chi connectivity index (χ3n) is 7.11. The Kier molecular flexibility index (Phi) is 11.6. The minimum Gasteiger partial charge on any atom is -0.497 e. The zero-order chi connectivity index (χ0) is 32.4. The van der Waals surface area contributed by atoms with E-state index < -0.39 is 34.3 Å². The predicted molar refractivity (Wildman–Crippen MR) is 173 cm³/mol. The molecule has 0 heterocycles. The molecule has 0 radical (unpaired) electrons. The molecule has 0 aliphatic heterocycles. The number of nitrogens with one attached hydrogen (secondary N) is 1. The maximum absolute atomic E-state index is 14.4. The number of sulfonamides is 1. The fourth-order valence-electron chi connectivity index (χ4n) is 4.74. The maximum atomic E-state index is 14.4. The Morgan fingerprint density at radius 1 is 0.911 bits per heavy atom. The summed E-state index contributed by atoms with van der Waals surface area (Å²) in [6, 6.07) is 25.8. The molecule has 1 N–H and O–H groups in total. The van der Waals surface area contributed by atoms with E-state index in [1.807, 2.05) is 37.3 Å². The highest BCUT2D eigenvalue weighted by Gasteiger charge is 2.34. The number of rotatable bonds is 14. The number of methoxy groups -OCH3 is 1. The molecule has 4 aromatic carbocycles. The Morgan fingerprint density at radius 2 is 1.60 bits per heavy atom. The van der Waals surface area contributed by atoms with Crippen LogP contribution in [0.3, 0.4) is 0 Å². The lowest BCUT2D eigenvalue weighted by Gasteiger charge is -2.34. The van der Waals surface area contributed by atoms with Gasteiger partial charge in [-0.05, 0) is 72.1 Å². The molecule has 4 rings (SSSR count). The zero-order valence-corrected chi connectivity index (χ0v) is 26.6. The van der Waals surface area contributed by atoms with E-state index in [9.17, 15) is 22.4 Å². The smallest absolute Gasteiger partial charge is 0.264 e. The number of benzene rings is 4. The first-order chi connectivity index (χ1) is 21.6. The van der Waals surface area contributed by atoms with Crippen LogP contribution in [-0.2, 0) is 32.6 Å². The lowest BCUT2D eigenvalue weighted by atomic mass is 10.0. The van der Waals surface area contributed by atoms with Gasteiger partial charge in [0.05, 0.1) is 17.7 Å². The summed E-state index contributed by atoms with van der Waals surface area (Å²) in [5.74, 6) is -1.00. The molecule has 0 fully saturated rings. The van der Waals surface area contributed by atoms with Crippen molar-refractivity contribution >= 4 is 39.1 Å². The molecule has 0 unspecified atom stereocenters. The van der Waals surface area contributed by atoms with Crippen molar-refractivity contribution in [2.75, 3.05) is 24.5 Å². The van der Waals surface area contributed by atoms with E-state index in [1.54, 1.807) is 18.2 Å². The Balaban J connectivity index is 1.79. The molecule has 45 heavy (non-hydrogen) atoms. The van der Waals surface area contributed by atoms with E-state index in [1.165, 1.54) is 66.6 Å². The van der Waals surface area contributed by atoms with Crippen LogP contribution in [0, 0.1) is 5.82 Å². The van der Waals surface area contributed by atoms with Gasteiger partial charge in [0.1, 0.15) is 24.2 Å². The first-order valence-corrected chi connectivity index (χ1v) is 16.2. The minimum atomic E-state index is -4.30. The molecule has 0 aromatic heterocycles. The van der Waals surface area contributed by atoms with E-state index in [2.05, 4.69) is 5.32 Å². The molecule has 0 saturated heterocycles. The van der Waals surface area contributed by atoms with Gasteiger partial charge in [0.25, 0.3) is 10.0 Å². The van der Waals surface area contributed by atoms with Crippen LogP contribution in [-0.4, -0.2) is 51.4 Å². The van der Waals surface area contributed by atoms with Crippen LogP contribution in [0.25, 0.3) is 0 Å². The van der Waals surface area contributed by atoms with Gasteiger partial charge in [0.15, 0.2) is 0 Å². The van der Waals surface area contributed by atoms with Crippen molar-refractivity contribution in [2.45, 2.75) is 37.2 Å². The Morgan fingerprint density at radius 3 is 2.22 bits per heavy atom. The van der Waals surface area contributed by atoms with Crippen molar-refractivity contribution in [2.24, 2.45) is 0 Å². The summed E-state index contributed by atoms with van der Waals surface area (Å²) >= 11 is 6.26. The number of amides is 2. The fourth-order valence-corrected chi connectivity index (χ4v) is 6.33. The van der Waals surface area contributed by atoms with Crippen molar-refractivity contribution in [1.82, 2.24) is 10.2 Å². The Labute approximate surface area is 268 Å². The second-order valence-corrected chi connectivity index (χ2v) is 12.6. The lowest BCUT2D eigenvalue weighted by Crippen LogP contribution is -2.53. The van der Waals surface area contributed by atoms with Crippen molar-refractivity contribution in [3.05, 3.63) is 125 Å². The molecule has 236 valence electrons. The van der Waals surface area contributed by atoms with E-state index in [-0.39, 0.29) is 34.5 Å². The molecule has 1 atom stereocenters. The minimum absolute atomic E-state index is 0.0670. The average Bonchev–Trinajstić information content (AvgIpc) is 3.05. The predicted octanol–water partition coefficient (Wildman–Crippen LogP) is 5.85. The van der Waals surface area contributed by atoms with Gasteiger partial charge in [0, 0.05) is 24.5 Å². The van der Waals surface area contributed by atoms with Gasteiger partial charge in [-0.15, -0.1) is 0 Å². The largest absolute Gasteiger partial charge is 0.497 e. The standard InChI is InChI=1S/C34H35ClFN3O5S/c1-3-20-37-34(41)32(21-25-8-5-4-6-9-25)38(23-26-12-14-28(36)15-13-26)33(40)24-39(29-11-7-10-27(35)22-29)45(42,43)31-18-16-30(44-2)17-19-31/h4-19,22,32H,3,20-21,23-24H2,1-2H3,(H,37,41)/t32-/m0/s1. The number of halogens is 2. The number of hydrogen-bond acceptors (Lipinski definition) is 5. The molecule has 0 aliphatic carbocycles. The van der Waals surface area contributed by atoms with Crippen LogP contribution >= 0.6 is 11.6 Å². The molecular formula is C34H35ClFN3O5S. The zero-order valence-electron chi connectivity index (χ0n) is 25.0. The second-order valence-electron chi connectivity index (χ2n) is 10.3. The number of carbonyl (C=O) groups is 2. The number of anilines is 1. The summed E-state index contributed by atoms with van der Waals surface area (Å²) in [4.78, 5) is 29.3. The Bertz CT molecular complexity index is 1690. The topological polar surface area (TPSA) is 96.0 Å². The summed E-state index contributed by atoms with van der Waals surface area (Å²) in [5.41, 5.74) is 1.55. The molecule has 2 amide bonds. The van der Waals surface area contributed by atoms with E-state index in [4.69, 9.17) is 16.3 Å². The van der Waals surface area contributed by atoms with Crippen LogP contribution in [0.5, 0.6) is 5.75 Å². The number of nitrogens with zero attached hydrogens (tertiary/aromatic N) is 2. The highest BCUT2D eigenvalue weighted by Crippen LogP contribution is 2.28. The first-order valence-electron chi connectivity index (χ1n) is 14.4. The van der Waals surface area contributed by atoms with Crippen molar-refractivity contribution in [3.8, 4) is 5.75 Å². The van der Waals surface area contributed by atoms with Gasteiger partial charge in [-0.2, -0.15) is 0 Å². The highest BCUT2D eigenvalue weighted by atomic mass is 35.5. The summed E-state index contributed by atoms with van der Waals surface area (Å²) in [7, 11) is -2.83. The summed E-state index contributed by atoms with van der Waals surface area (Å²) in [6.07, 6.45) is 0.851. The lowest BCUT2D eigenvalue weighted by molar-refractivity contribution is -0.140. The van der Waals surface area contributed by atoms with Gasteiger partial charge in [-0.3, -0.25) is 13.9 Å². The van der Waals surface area contributed by atoms with Crippen molar-refractivity contribution in [3.63, 3.8) is 0 Å². The van der Waals surface area contributed by atoms with Gasteiger partial charge < -0.3 is 15.0 Å². The average molecular weight is 652 g/mol. The Hall–Kier alpha value is -4.41. The monoisotopic (exact) mass is 651 g/mol. The highest BCUT2D eigenvalue weighted by molar-refractivity contribution is 7.92. The normalized spacial score (nSPS) is 11.8. The second kappa shape index (κ2) is 15.5. The number of hydrogen-bond donors (Lipinski definition) is 1. The number of ether oxygens (including phenoxy) is 1. The van der Waals surface area contributed by atoms with Gasteiger partial charge in [-0.25, -0.2) is 12.8 Å². The molecule has 4 aromatic rings. The molecule has 8 nitrogen and oxygen atoms in total. The maximum Gasteiger partial charge on any atom is 0.264 e. The van der Waals surface area contributed by atoms with E-state index in [0.29, 0.717) is 24.3 Å². The van der Waals surface area contributed by atoms with Gasteiger partial charge >= 0.3 is 0 Å². The SMILES string of the molecule is CCCNC(=O)[C@H](Cc1ccccc1)N(Cc1ccc(F)cc1)C(=O)CN(c1cccc(Cl)c1)S(=O)(=O)c1ccc(OC)cc1. The van der Waals surface area contributed by atoms with Crippen LogP contribution in [0.4, 0.5) is 10.1 Å². The molecular weight excluding hydrogens is 617 g/mol. The van der Waals surface area contributed by atoms with Crippen molar-refractivity contribution < 1.29 is 27.1 Å². The quantitative estimate of drug-likeness (QED) is 0.185. The summed E-state index contributed by atoms with van der Waals surface area (Å²) < 4.78 is 48.1. The van der Waals surface area contributed by atoms with Crippen molar-refractivity contribution in [1.29, 1.82) is 0 Å². The van der Waals surface area contributed by atoms with Crippen LogP contribution in [0.1, 0.15) is 24.5 Å². The summed E-state index contributed by atoms with van der Waals surface area (Å²) in [6.45, 7) is 1.61. The molecule has 11 heteroatoms. The fraction of sp³-hybridized carbons (Fsp3) is 0.235. The van der Waals surface area contributed by atoms with Crippen LogP contribution < -0.4 is 14.4 Å². The van der Waals surface area contributed by atoms with Crippen LogP contribution in [0.15, 0.2) is 108 Å². The third-order valence-corrected chi connectivity index (χ3v) is 9.13. The van der Waals surface area contributed by atoms with E-state index in [0.717, 1.165) is 9.87 Å². The molecule has 0 saturated carbocycles. The molecule has 0 bridgehead atoms. The van der Waals surface area contributed by atoms with E-state index >= 15 is 0 Å². The van der Waals surface area contributed by atoms with Gasteiger partial charge in [0.2, 0.25) is 11.8 Å². The van der Waals surface area contributed by atoms with Crippen LogP contribution in [0.2, 0.25) is 5.02 Å². The first kappa shape index (κ1) is 33.5.